The third-order valence-electron chi connectivity index (χ3n) is 3.36. The van der Waals surface area contributed by atoms with Crippen LogP contribution in [0.3, 0.4) is 0 Å². The molecule has 6 heteroatoms. The zero-order valence-corrected chi connectivity index (χ0v) is 12.8. The Morgan fingerprint density at radius 3 is 2.55 bits per heavy atom. The van der Waals surface area contributed by atoms with E-state index in [0.29, 0.717) is 24.5 Å². The first kappa shape index (κ1) is 15.9. The summed E-state index contributed by atoms with van der Waals surface area (Å²) in [5.74, 6) is -0.453. The number of aryl methyl sites for hydroxylation is 1. The maximum atomic E-state index is 12.6. The highest BCUT2D eigenvalue weighted by Gasteiger charge is 2.26. The first-order valence-corrected chi connectivity index (χ1v) is 7.13. The van der Waals surface area contributed by atoms with Crippen molar-refractivity contribution in [2.24, 2.45) is 0 Å². The van der Waals surface area contributed by atoms with Gasteiger partial charge in [0.15, 0.2) is 5.76 Å². The van der Waals surface area contributed by atoms with Crippen molar-refractivity contribution in [1.82, 2.24) is 4.90 Å². The summed E-state index contributed by atoms with van der Waals surface area (Å²) in [5, 5.41) is 9.15. The summed E-state index contributed by atoms with van der Waals surface area (Å²) in [7, 11) is 0. The molecule has 0 radical (unpaired) electrons. The average Bonchev–Trinajstić information content (AvgIpc) is 3.12. The maximum absolute atomic E-state index is 12.6. The Kier molecular flexibility index (Phi) is 4.70. The smallest absolute Gasteiger partial charge is 0.339 e. The number of amides is 1. The number of carbonyl (C=O) groups excluding carboxylic acids is 1. The molecule has 0 spiro atoms. The third kappa shape index (κ3) is 3.21. The lowest BCUT2D eigenvalue weighted by atomic mass is 10.2. The van der Waals surface area contributed by atoms with Gasteiger partial charge in [0.25, 0.3) is 5.91 Å². The first-order chi connectivity index (χ1) is 10.4. The predicted molar refractivity (Wildman–Crippen MR) is 78.8 cm³/mol. The van der Waals surface area contributed by atoms with Gasteiger partial charge in [-0.1, -0.05) is 6.92 Å². The Bertz CT molecular complexity index is 654. The van der Waals surface area contributed by atoms with Gasteiger partial charge in [0, 0.05) is 18.5 Å². The fourth-order valence-electron chi connectivity index (χ4n) is 2.18. The van der Waals surface area contributed by atoms with E-state index in [1.54, 1.807) is 30.2 Å². The number of nitrogens with zero attached hydrogens (tertiary/aromatic N) is 1. The molecule has 118 valence electrons. The van der Waals surface area contributed by atoms with Crippen molar-refractivity contribution in [2.75, 3.05) is 0 Å². The molecule has 1 N–H and O–H groups in total. The largest absolute Gasteiger partial charge is 0.478 e. The van der Waals surface area contributed by atoms with E-state index >= 15 is 0 Å². The van der Waals surface area contributed by atoms with Gasteiger partial charge in [-0.15, -0.1) is 0 Å². The average molecular weight is 305 g/mol. The number of carboxylic acids is 1. The number of rotatable bonds is 6. The zero-order chi connectivity index (χ0) is 16.3. The van der Waals surface area contributed by atoms with E-state index < -0.39 is 5.97 Å². The molecule has 22 heavy (non-hydrogen) atoms. The molecule has 0 unspecified atom stereocenters. The number of hydrogen-bond acceptors (Lipinski definition) is 4. The molecule has 0 saturated heterocycles. The molecule has 0 saturated carbocycles. The van der Waals surface area contributed by atoms with E-state index in [4.69, 9.17) is 13.9 Å². The summed E-state index contributed by atoms with van der Waals surface area (Å²) in [6, 6.07) is 4.75. The molecule has 1 amide bonds. The van der Waals surface area contributed by atoms with Crippen LogP contribution in [0.2, 0.25) is 0 Å². The maximum Gasteiger partial charge on any atom is 0.339 e. The molecule has 0 aliphatic heterocycles. The second kappa shape index (κ2) is 6.51. The van der Waals surface area contributed by atoms with E-state index in [-0.39, 0.29) is 23.3 Å². The summed E-state index contributed by atoms with van der Waals surface area (Å²) < 4.78 is 10.7. The van der Waals surface area contributed by atoms with Gasteiger partial charge in [0.2, 0.25) is 0 Å². The topological polar surface area (TPSA) is 83.9 Å². The summed E-state index contributed by atoms with van der Waals surface area (Å²) in [6.45, 7) is 5.84. The molecule has 2 aromatic heterocycles. The first-order valence-electron chi connectivity index (χ1n) is 7.13. The van der Waals surface area contributed by atoms with Crippen LogP contribution in [-0.2, 0) is 13.0 Å². The van der Waals surface area contributed by atoms with Gasteiger partial charge in [-0.25, -0.2) is 4.79 Å². The monoisotopic (exact) mass is 305 g/mol. The zero-order valence-electron chi connectivity index (χ0n) is 12.8. The van der Waals surface area contributed by atoms with Crippen molar-refractivity contribution < 1.29 is 23.5 Å². The minimum absolute atomic E-state index is 0.0348. The summed E-state index contributed by atoms with van der Waals surface area (Å²) in [5.41, 5.74) is 0.0348. The quantitative estimate of drug-likeness (QED) is 0.886. The molecule has 2 rings (SSSR count). The Morgan fingerprint density at radius 2 is 2.09 bits per heavy atom. The van der Waals surface area contributed by atoms with Crippen molar-refractivity contribution in [3.8, 4) is 0 Å². The lowest BCUT2D eigenvalue weighted by Crippen LogP contribution is -2.36. The fourth-order valence-corrected chi connectivity index (χ4v) is 2.18. The Labute approximate surface area is 128 Å². The number of hydrogen-bond donors (Lipinski definition) is 1. The van der Waals surface area contributed by atoms with Crippen LogP contribution < -0.4 is 0 Å². The Hall–Kier alpha value is -2.50. The Balaban J connectivity index is 2.29. The molecule has 2 aromatic rings. The van der Waals surface area contributed by atoms with Crippen molar-refractivity contribution in [1.29, 1.82) is 0 Å². The number of carbonyl (C=O) groups is 2. The van der Waals surface area contributed by atoms with E-state index in [9.17, 15) is 9.59 Å². The molecule has 2 heterocycles. The number of aromatic carboxylic acids is 1. The molecular weight excluding hydrogens is 286 g/mol. The van der Waals surface area contributed by atoms with Crippen LogP contribution >= 0.6 is 0 Å². The molecule has 0 aromatic carbocycles. The van der Waals surface area contributed by atoms with Crippen molar-refractivity contribution >= 4 is 11.9 Å². The van der Waals surface area contributed by atoms with Crippen molar-refractivity contribution in [2.45, 2.75) is 39.8 Å². The highest BCUT2D eigenvalue weighted by atomic mass is 16.4. The van der Waals surface area contributed by atoms with Crippen LogP contribution in [0.4, 0.5) is 0 Å². The lowest BCUT2D eigenvalue weighted by molar-refractivity contribution is 0.0639. The van der Waals surface area contributed by atoms with Crippen LogP contribution in [0.5, 0.6) is 0 Å². The molecule has 0 fully saturated rings. The number of furan rings is 2. The van der Waals surface area contributed by atoms with Gasteiger partial charge in [-0.05, 0) is 26.0 Å². The van der Waals surface area contributed by atoms with Crippen molar-refractivity contribution in [3.05, 3.63) is 47.3 Å². The van der Waals surface area contributed by atoms with Crippen LogP contribution in [-0.4, -0.2) is 27.9 Å². The minimum Gasteiger partial charge on any atom is -0.478 e. The fraction of sp³-hybridized carbons (Fsp3) is 0.375. The molecule has 0 atom stereocenters. The van der Waals surface area contributed by atoms with E-state index in [0.717, 1.165) is 0 Å². The summed E-state index contributed by atoms with van der Waals surface area (Å²) >= 11 is 0. The number of carboxylic acid groups (broad SMARTS) is 1. The van der Waals surface area contributed by atoms with Crippen LogP contribution in [0.1, 0.15) is 53.2 Å². The van der Waals surface area contributed by atoms with Gasteiger partial charge < -0.3 is 18.8 Å². The van der Waals surface area contributed by atoms with Gasteiger partial charge in [0.1, 0.15) is 17.1 Å². The Morgan fingerprint density at radius 1 is 1.36 bits per heavy atom. The summed E-state index contributed by atoms with van der Waals surface area (Å²) in [4.78, 5) is 25.4. The van der Waals surface area contributed by atoms with E-state index in [1.165, 1.54) is 6.07 Å². The SMILES string of the molecule is CCc1oc(C(=O)N(Cc2ccco2)C(C)C)cc1C(=O)O. The van der Waals surface area contributed by atoms with Crippen LogP contribution in [0.25, 0.3) is 0 Å². The van der Waals surface area contributed by atoms with Crippen molar-refractivity contribution in [3.63, 3.8) is 0 Å². The van der Waals surface area contributed by atoms with Crippen LogP contribution in [0, 0.1) is 0 Å². The van der Waals surface area contributed by atoms with Gasteiger partial charge in [-0.3, -0.25) is 4.79 Å². The van der Waals surface area contributed by atoms with E-state index in [2.05, 4.69) is 0 Å². The molecule has 0 bridgehead atoms. The third-order valence-corrected chi connectivity index (χ3v) is 3.36. The predicted octanol–water partition coefficient (Wildman–Crippen LogP) is 3.18. The highest BCUT2D eigenvalue weighted by molar-refractivity contribution is 5.96. The minimum atomic E-state index is -1.10. The van der Waals surface area contributed by atoms with Gasteiger partial charge in [0.05, 0.1) is 12.8 Å². The highest BCUT2D eigenvalue weighted by Crippen LogP contribution is 2.20. The lowest BCUT2D eigenvalue weighted by Gasteiger charge is -2.24. The molecule has 0 aliphatic rings. The summed E-state index contributed by atoms with van der Waals surface area (Å²) in [6.07, 6.45) is 1.96. The standard InChI is InChI=1S/C16H19NO5/c1-4-13-12(16(19)20)8-14(22-13)15(18)17(10(2)3)9-11-6-5-7-21-11/h5-8,10H,4,9H2,1-3H3,(H,19,20). The van der Waals surface area contributed by atoms with Gasteiger partial charge >= 0.3 is 5.97 Å². The van der Waals surface area contributed by atoms with Crippen LogP contribution in [0.15, 0.2) is 33.3 Å². The second-order valence-corrected chi connectivity index (χ2v) is 5.21. The normalized spacial score (nSPS) is 10.9. The molecule has 6 nitrogen and oxygen atoms in total. The van der Waals surface area contributed by atoms with Gasteiger partial charge in [-0.2, -0.15) is 0 Å². The van der Waals surface area contributed by atoms with E-state index in [1.807, 2.05) is 13.8 Å². The second-order valence-electron chi connectivity index (χ2n) is 5.21. The molecular formula is C16H19NO5. The molecule has 0 aliphatic carbocycles.